The van der Waals surface area contributed by atoms with Crippen LogP contribution < -0.4 is 10.6 Å². The third-order valence-corrected chi connectivity index (χ3v) is 1.89. The zero-order chi connectivity index (χ0) is 11.8. The van der Waals surface area contributed by atoms with Crippen LogP contribution in [0, 0.1) is 0 Å². The molecule has 0 rings (SSSR count). The monoisotopic (exact) mass is 216 g/mol. The number of carbonyl (C=O) groups is 2. The highest BCUT2D eigenvalue weighted by atomic mass is 16.5. The Morgan fingerprint density at radius 3 is 2.27 bits per heavy atom. The molecular weight excluding hydrogens is 196 g/mol. The lowest BCUT2D eigenvalue weighted by Crippen LogP contribution is -2.45. The van der Waals surface area contributed by atoms with E-state index < -0.39 is 0 Å². The first-order valence-electron chi connectivity index (χ1n) is 5.13. The summed E-state index contributed by atoms with van der Waals surface area (Å²) >= 11 is 0. The van der Waals surface area contributed by atoms with Gasteiger partial charge >= 0.3 is 12.0 Å². The molecule has 0 aromatic rings. The minimum atomic E-state index is -0.313. The molecule has 0 saturated carbocycles. The number of esters is 1. The van der Waals surface area contributed by atoms with E-state index in [-0.39, 0.29) is 30.5 Å². The second kappa shape index (κ2) is 7.09. The zero-order valence-electron chi connectivity index (χ0n) is 9.79. The minimum Gasteiger partial charge on any atom is -0.469 e. The van der Waals surface area contributed by atoms with Crippen molar-refractivity contribution in [3.8, 4) is 0 Å². The Bertz CT molecular complexity index is 217. The first kappa shape index (κ1) is 13.7. The topological polar surface area (TPSA) is 67.4 Å². The molecule has 0 aliphatic heterocycles. The lowest BCUT2D eigenvalue weighted by molar-refractivity contribution is -0.141. The summed E-state index contributed by atoms with van der Waals surface area (Å²) in [5.41, 5.74) is 0. The van der Waals surface area contributed by atoms with Crippen LogP contribution in [0.25, 0.3) is 0 Å². The van der Waals surface area contributed by atoms with Crippen LogP contribution in [0.5, 0.6) is 0 Å². The largest absolute Gasteiger partial charge is 0.469 e. The van der Waals surface area contributed by atoms with Gasteiger partial charge in [-0.15, -0.1) is 0 Å². The summed E-state index contributed by atoms with van der Waals surface area (Å²) in [7, 11) is 1.34. The van der Waals surface area contributed by atoms with E-state index in [0.29, 0.717) is 6.42 Å². The summed E-state index contributed by atoms with van der Waals surface area (Å²) < 4.78 is 4.53. The number of nitrogens with one attached hydrogen (secondary N) is 2. The van der Waals surface area contributed by atoms with Crippen molar-refractivity contribution < 1.29 is 14.3 Å². The Morgan fingerprint density at radius 2 is 1.87 bits per heavy atom. The second-order valence-electron chi connectivity index (χ2n) is 3.66. The molecule has 5 nitrogen and oxygen atoms in total. The van der Waals surface area contributed by atoms with Crippen molar-refractivity contribution in [1.29, 1.82) is 0 Å². The minimum absolute atomic E-state index is 0.0839. The van der Waals surface area contributed by atoms with Crippen LogP contribution in [0.3, 0.4) is 0 Å². The van der Waals surface area contributed by atoms with Crippen molar-refractivity contribution in [2.75, 3.05) is 7.11 Å². The molecule has 0 bridgehead atoms. The van der Waals surface area contributed by atoms with Crippen molar-refractivity contribution in [1.82, 2.24) is 10.6 Å². The van der Waals surface area contributed by atoms with Gasteiger partial charge in [0.05, 0.1) is 13.5 Å². The molecule has 2 amide bonds. The Labute approximate surface area is 90.6 Å². The van der Waals surface area contributed by atoms with Gasteiger partial charge in [0.25, 0.3) is 0 Å². The van der Waals surface area contributed by atoms with Crippen molar-refractivity contribution >= 4 is 12.0 Å². The fraction of sp³-hybridized carbons (Fsp3) is 0.800. The predicted octanol–water partition coefficient (Wildman–Crippen LogP) is 1.04. The average Bonchev–Trinajstić information content (AvgIpc) is 2.15. The van der Waals surface area contributed by atoms with Crippen LogP contribution in [0.2, 0.25) is 0 Å². The summed E-state index contributed by atoms with van der Waals surface area (Å²) in [6.07, 6.45) is 0.902. The van der Waals surface area contributed by atoms with Gasteiger partial charge in [-0.3, -0.25) is 4.79 Å². The first-order chi connectivity index (χ1) is 6.99. The summed E-state index contributed by atoms with van der Waals surface area (Å²) in [5.74, 6) is -0.313. The predicted molar refractivity (Wildman–Crippen MR) is 57.5 cm³/mol. The molecule has 0 aliphatic carbocycles. The molecule has 0 spiro atoms. The second-order valence-corrected chi connectivity index (χ2v) is 3.66. The zero-order valence-corrected chi connectivity index (χ0v) is 9.79. The van der Waals surface area contributed by atoms with Crippen molar-refractivity contribution in [2.45, 2.75) is 45.7 Å². The highest BCUT2D eigenvalue weighted by Gasteiger charge is 2.14. The quantitative estimate of drug-likeness (QED) is 0.675. The molecule has 0 heterocycles. The third-order valence-electron chi connectivity index (χ3n) is 1.89. The van der Waals surface area contributed by atoms with Crippen LogP contribution in [-0.4, -0.2) is 31.2 Å². The molecule has 0 fully saturated rings. The van der Waals surface area contributed by atoms with Crippen LogP contribution in [0.4, 0.5) is 4.79 Å². The van der Waals surface area contributed by atoms with Gasteiger partial charge < -0.3 is 15.4 Å². The average molecular weight is 216 g/mol. The fourth-order valence-corrected chi connectivity index (χ4v) is 1.07. The van der Waals surface area contributed by atoms with Gasteiger partial charge in [-0.05, 0) is 20.3 Å². The summed E-state index contributed by atoms with van der Waals surface area (Å²) in [6, 6.07) is -0.336. The first-order valence-corrected chi connectivity index (χ1v) is 5.13. The number of carbonyl (C=O) groups excluding carboxylic acids is 2. The van der Waals surface area contributed by atoms with Crippen LogP contribution in [0.1, 0.15) is 33.6 Å². The van der Waals surface area contributed by atoms with E-state index in [2.05, 4.69) is 15.4 Å². The number of methoxy groups -OCH3 is 1. The van der Waals surface area contributed by atoms with Crippen molar-refractivity contribution in [2.24, 2.45) is 0 Å². The van der Waals surface area contributed by atoms with Gasteiger partial charge in [0, 0.05) is 12.1 Å². The van der Waals surface area contributed by atoms with Gasteiger partial charge in [0.1, 0.15) is 0 Å². The maximum atomic E-state index is 11.3. The molecule has 2 N–H and O–H groups in total. The number of rotatable bonds is 5. The van der Waals surface area contributed by atoms with E-state index in [1.54, 1.807) is 0 Å². The number of hydrogen-bond acceptors (Lipinski definition) is 3. The molecule has 0 aliphatic rings. The number of ether oxygens (including phenoxy) is 1. The molecule has 1 atom stereocenters. The fourth-order valence-electron chi connectivity index (χ4n) is 1.07. The van der Waals surface area contributed by atoms with Crippen LogP contribution in [0.15, 0.2) is 0 Å². The lowest BCUT2D eigenvalue weighted by Gasteiger charge is -2.17. The highest BCUT2D eigenvalue weighted by molar-refractivity contribution is 5.76. The number of hydrogen-bond donors (Lipinski definition) is 2. The molecule has 0 saturated heterocycles. The lowest BCUT2D eigenvalue weighted by atomic mass is 10.1. The third kappa shape index (κ3) is 6.76. The standard InChI is InChI=1S/C10H20N2O3/c1-5-8(6-9(13)15-4)12-10(14)11-7(2)3/h7-8H,5-6H2,1-4H3,(H2,11,12,14). The van der Waals surface area contributed by atoms with E-state index in [1.165, 1.54) is 7.11 Å². The Balaban J connectivity index is 3.98. The molecule has 88 valence electrons. The molecular formula is C10H20N2O3. The maximum absolute atomic E-state index is 11.3. The Morgan fingerprint density at radius 1 is 1.27 bits per heavy atom. The molecule has 15 heavy (non-hydrogen) atoms. The molecule has 1 unspecified atom stereocenters. The number of amides is 2. The van der Waals surface area contributed by atoms with Crippen molar-refractivity contribution in [3.63, 3.8) is 0 Å². The van der Waals surface area contributed by atoms with Gasteiger partial charge in [0.15, 0.2) is 0 Å². The van der Waals surface area contributed by atoms with Crippen LogP contribution >= 0.6 is 0 Å². The van der Waals surface area contributed by atoms with E-state index in [1.807, 2.05) is 20.8 Å². The van der Waals surface area contributed by atoms with Crippen molar-refractivity contribution in [3.05, 3.63) is 0 Å². The number of urea groups is 1. The highest BCUT2D eigenvalue weighted by Crippen LogP contribution is 1.99. The normalized spacial score (nSPS) is 12.1. The summed E-state index contributed by atoms with van der Waals surface area (Å²) in [5, 5.41) is 5.41. The molecule has 5 heteroatoms. The summed E-state index contributed by atoms with van der Waals surface area (Å²) in [4.78, 5) is 22.3. The van der Waals surface area contributed by atoms with E-state index in [9.17, 15) is 9.59 Å². The molecule has 0 radical (unpaired) electrons. The van der Waals surface area contributed by atoms with Gasteiger partial charge in [0.2, 0.25) is 0 Å². The summed E-state index contributed by atoms with van der Waals surface area (Å²) in [6.45, 7) is 5.66. The SMILES string of the molecule is CCC(CC(=O)OC)NC(=O)NC(C)C. The Kier molecular flexibility index (Phi) is 6.49. The van der Waals surface area contributed by atoms with Gasteiger partial charge in [-0.25, -0.2) is 4.79 Å². The van der Waals surface area contributed by atoms with E-state index in [4.69, 9.17) is 0 Å². The van der Waals surface area contributed by atoms with E-state index >= 15 is 0 Å². The molecule has 0 aromatic carbocycles. The van der Waals surface area contributed by atoms with Crippen LogP contribution in [-0.2, 0) is 9.53 Å². The van der Waals surface area contributed by atoms with E-state index in [0.717, 1.165) is 0 Å². The molecule has 0 aromatic heterocycles. The Hall–Kier alpha value is -1.26. The van der Waals surface area contributed by atoms with Gasteiger partial charge in [-0.1, -0.05) is 6.92 Å². The van der Waals surface area contributed by atoms with Gasteiger partial charge in [-0.2, -0.15) is 0 Å². The smallest absolute Gasteiger partial charge is 0.315 e. The maximum Gasteiger partial charge on any atom is 0.315 e.